The van der Waals surface area contributed by atoms with Crippen molar-refractivity contribution in [3.8, 4) is 0 Å². The predicted octanol–water partition coefficient (Wildman–Crippen LogP) is -0.254. The molecule has 100 valence electrons. The standard InChI is InChI=1S/C12H24N2O3/c1-3-13-11-8-17-7-10(11)12(16)14-6-9(2)4-5-15/h9-11,13,15H,3-8H2,1-2H3,(H,14,16). The number of rotatable bonds is 7. The van der Waals surface area contributed by atoms with Crippen LogP contribution in [0.15, 0.2) is 0 Å². The molecule has 1 aliphatic heterocycles. The molecule has 3 N–H and O–H groups in total. The third-order valence-corrected chi connectivity index (χ3v) is 3.13. The van der Waals surface area contributed by atoms with Crippen LogP contribution in [-0.2, 0) is 9.53 Å². The first-order valence-electron chi connectivity index (χ1n) is 6.38. The minimum absolute atomic E-state index is 0.0539. The van der Waals surface area contributed by atoms with E-state index in [4.69, 9.17) is 9.84 Å². The Morgan fingerprint density at radius 2 is 2.29 bits per heavy atom. The number of carbonyl (C=O) groups is 1. The molecule has 1 fully saturated rings. The van der Waals surface area contributed by atoms with Crippen LogP contribution in [0.5, 0.6) is 0 Å². The molecule has 0 spiro atoms. The Balaban J connectivity index is 2.31. The second-order valence-corrected chi connectivity index (χ2v) is 4.67. The van der Waals surface area contributed by atoms with Gasteiger partial charge in [0.15, 0.2) is 0 Å². The summed E-state index contributed by atoms with van der Waals surface area (Å²) in [5, 5.41) is 15.0. The quantitative estimate of drug-likeness (QED) is 0.577. The van der Waals surface area contributed by atoms with Gasteiger partial charge < -0.3 is 20.5 Å². The number of aliphatic hydroxyl groups excluding tert-OH is 1. The normalized spacial score (nSPS) is 25.8. The number of amides is 1. The zero-order valence-electron chi connectivity index (χ0n) is 10.7. The largest absolute Gasteiger partial charge is 0.396 e. The second-order valence-electron chi connectivity index (χ2n) is 4.67. The monoisotopic (exact) mass is 244 g/mol. The van der Waals surface area contributed by atoms with Crippen LogP contribution in [0.1, 0.15) is 20.3 Å². The number of aliphatic hydroxyl groups is 1. The number of carbonyl (C=O) groups excluding carboxylic acids is 1. The van der Waals surface area contributed by atoms with Crippen molar-refractivity contribution >= 4 is 5.91 Å². The molecule has 1 heterocycles. The van der Waals surface area contributed by atoms with E-state index < -0.39 is 0 Å². The molecule has 1 aliphatic rings. The Morgan fingerprint density at radius 3 is 2.94 bits per heavy atom. The SMILES string of the molecule is CCNC1COCC1C(=O)NCC(C)CCO. The molecule has 1 saturated heterocycles. The average molecular weight is 244 g/mol. The van der Waals surface area contributed by atoms with Crippen LogP contribution < -0.4 is 10.6 Å². The van der Waals surface area contributed by atoms with Crippen LogP contribution in [-0.4, -0.2) is 50.0 Å². The number of hydrogen-bond acceptors (Lipinski definition) is 4. The molecule has 5 nitrogen and oxygen atoms in total. The van der Waals surface area contributed by atoms with Crippen molar-refractivity contribution in [2.24, 2.45) is 11.8 Å². The minimum Gasteiger partial charge on any atom is -0.396 e. The van der Waals surface area contributed by atoms with Crippen LogP contribution in [0.25, 0.3) is 0 Å². The molecule has 17 heavy (non-hydrogen) atoms. The molecule has 0 radical (unpaired) electrons. The van der Waals surface area contributed by atoms with Gasteiger partial charge in [0.2, 0.25) is 5.91 Å². The number of ether oxygens (including phenoxy) is 1. The summed E-state index contributed by atoms with van der Waals surface area (Å²) in [6.45, 7) is 6.78. The van der Waals surface area contributed by atoms with E-state index in [2.05, 4.69) is 10.6 Å². The Bertz CT molecular complexity index is 236. The predicted molar refractivity (Wildman–Crippen MR) is 65.7 cm³/mol. The third kappa shape index (κ3) is 4.61. The molecular formula is C12H24N2O3. The van der Waals surface area contributed by atoms with Crippen molar-refractivity contribution in [1.82, 2.24) is 10.6 Å². The van der Waals surface area contributed by atoms with Crippen molar-refractivity contribution in [3.63, 3.8) is 0 Å². The fourth-order valence-corrected chi connectivity index (χ4v) is 2.00. The Labute approximate surface area is 103 Å². The number of hydrogen-bond donors (Lipinski definition) is 3. The van der Waals surface area contributed by atoms with E-state index in [0.29, 0.717) is 25.7 Å². The van der Waals surface area contributed by atoms with E-state index in [1.165, 1.54) is 0 Å². The van der Waals surface area contributed by atoms with Crippen molar-refractivity contribution < 1.29 is 14.6 Å². The zero-order valence-corrected chi connectivity index (χ0v) is 10.7. The summed E-state index contributed by atoms with van der Waals surface area (Å²) >= 11 is 0. The molecule has 0 bridgehead atoms. The van der Waals surface area contributed by atoms with Gasteiger partial charge in [-0.15, -0.1) is 0 Å². The lowest BCUT2D eigenvalue weighted by Crippen LogP contribution is -2.44. The van der Waals surface area contributed by atoms with Gasteiger partial charge in [0.05, 0.1) is 19.1 Å². The second kappa shape index (κ2) is 7.63. The van der Waals surface area contributed by atoms with E-state index in [0.717, 1.165) is 13.0 Å². The first-order chi connectivity index (χ1) is 8.19. The Morgan fingerprint density at radius 1 is 1.53 bits per heavy atom. The van der Waals surface area contributed by atoms with Crippen LogP contribution in [0.3, 0.4) is 0 Å². The Hall–Kier alpha value is -0.650. The molecule has 0 aliphatic carbocycles. The molecule has 1 amide bonds. The molecule has 5 heteroatoms. The summed E-state index contributed by atoms with van der Waals surface area (Å²) in [5.41, 5.74) is 0. The smallest absolute Gasteiger partial charge is 0.227 e. The van der Waals surface area contributed by atoms with E-state index in [-0.39, 0.29) is 24.5 Å². The number of nitrogens with one attached hydrogen (secondary N) is 2. The van der Waals surface area contributed by atoms with Gasteiger partial charge >= 0.3 is 0 Å². The third-order valence-electron chi connectivity index (χ3n) is 3.13. The molecule has 3 unspecified atom stereocenters. The van der Waals surface area contributed by atoms with Crippen molar-refractivity contribution in [3.05, 3.63) is 0 Å². The highest BCUT2D eigenvalue weighted by Gasteiger charge is 2.33. The van der Waals surface area contributed by atoms with Crippen molar-refractivity contribution in [2.75, 3.05) is 32.9 Å². The fourth-order valence-electron chi connectivity index (χ4n) is 2.00. The van der Waals surface area contributed by atoms with Gasteiger partial charge in [0.25, 0.3) is 0 Å². The van der Waals surface area contributed by atoms with E-state index in [1.54, 1.807) is 0 Å². The zero-order chi connectivity index (χ0) is 12.7. The summed E-state index contributed by atoms with van der Waals surface area (Å²) in [6.07, 6.45) is 0.720. The summed E-state index contributed by atoms with van der Waals surface area (Å²) in [7, 11) is 0. The van der Waals surface area contributed by atoms with Gasteiger partial charge in [-0.1, -0.05) is 13.8 Å². The first kappa shape index (κ1) is 14.4. The lowest BCUT2D eigenvalue weighted by Gasteiger charge is -2.19. The van der Waals surface area contributed by atoms with E-state index >= 15 is 0 Å². The van der Waals surface area contributed by atoms with E-state index in [9.17, 15) is 4.79 Å². The fraction of sp³-hybridized carbons (Fsp3) is 0.917. The van der Waals surface area contributed by atoms with Crippen molar-refractivity contribution in [1.29, 1.82) is 0 Å². The molecule has 3 atom stereocenters. The van der Waals surface area contributed by atoms with Crippen LogP contribution in [0, 0.1) is 11.8 Å². The minimum atomic E-state index is -0.0868. The lowest BCUT2D eigenvalue weighted by molar-refractivity contribution is -0.125. The van der Waals surface area contributed by atoms with Gasteiger partial charge in [-0.25, -0.2) is 0 Å². The van der Waals surface area contributed by atoms with Gasteiger partial charge in [0, 0.05) is 19.2 Å². The Kier molecular flexibility index (Phi) is 6.47. The highest BCUT2D eigenvalue weighted by atomic mass is 16.5. The number of likely N-dealkylation sites (N-methyl/N-ethyl adjacent to an activating group) is 1. The lowest BCUT2D eigenvalue weighted by atomic mass is 10.0. The average Bonchev–Trinajstić information content (AvgIpc) is 2.75. The summed E-state index contributed by atoms with van der Waals surface area (Å²) in [5.74, 6) is 0.276. The molecule has 1 rings (SSSR count). The highest BCUT2D eigenvalue weighted by molar-refractivity contribution is 5.79. The van der Waals surface area contributed by atoms with Gasteiger partial charge in [0.1, 0.15) is 0 Å². The molecule has 0 aromatic rings. The molecule has 0 aromatic carbocycles. The topological polar surface area (TPSA) is 70.6 Å². The van der Waals surface area contributed by atoms with Gasteiger partial charge in [-0.3, -0.25) is 4.79 Å². The summed E-state index contributed by atoms with van der Waals surface area (Å²) in [6, 6.07) is 0.133. The maximum absolute atomic E-state index is 11.9. The maximum Gasteiger partial charge on any atom is 0.227 e. The first-order valence-corrected chi connectivity index (χ1v) is 6.38. The van der Waals surface area contributed by atoms with Crippen molar-refractivity contribution in [2.45, 2.75) is 26.3 Å². The maximum atomic E-state index is 11.9. The van der Waals surface area contributed by atoms with Crippen LogP contribution in [0.4, 0.5) is 0 Å². The highest BCUT2D eigenvalue weighted by Crippen LogP contribution is 2.14. The summed E-state index contributed by atoms with van der Waals surface area (Å²) < 4.78 is 5.33. The van der Waals surface area contributed by atoms with E-state index in [1.807, 2.05) is 13.8 Å². The van der Waals surface area contributed by atoms with Crippen LogP contribution >= 0.6 is 0 Å². The van der Waals surface area contributed by atoms with Crippen LogP contribution in [0.2, 0.25) is 0 Å². The molecule has 0 saturated carbocycles. The van der Waals surface area contributed by atoms with Gasteiger partial charge in [-0.2, -0.15) is 0 Å². The molecular weight excluding hydrogens is 220 g/mol. The summed E-state index contributed by atoms with van der Waals surface area (Å²) in [4.78, 5) is 11.9. The molecule has 0 aromatic heterocycles. The van der Waals surface area contributed by atoms with Gasteiger partial charge in [-0.05, 0) is 18.9 Å².